The Bertz CT molecular complexity index is 629. The van der Waals surface area contributed by atoms with Crippen molar-refractivity contribution in [3.8, 4) is 0 Å². The monoisotopic (exact) mass is 303 g/mol. The first-order valence-corrected chi connectivity index (χ1v) is 7.15. The Morgan fingerprint density at radius 1 is 1.32 bits per heavy atom. The van der Waals surface area contributed by atoms with Crippen LogP contribution >= 0.6 is 0 Å². The van der Waals surface area contributed by atoms with Crippen LogP contribution in [-0.2, 0) is 14.3 Å². The molecule has 6 heteroatoms. The lowest BCUT2D eigenvalue weighted by molar-refractivity contribution is -0.384. The van der Waals surface area contributed by atoms with Crippen LogP contribution in [0.25, 0.3) is 6.08 Å². The van der Waals surface area contributed by atoms with Crippen LogP contribution in [0.15, 0.2) is 29.8 Å². The van der Waals surface area contributed by atoms with Crippen molar-refractivity contribution < 1.29 is 19.2 Å². The Balaban J connectivity index is 2.22. The van der Waals surface area contributed by atoms with E-state index in [9.17, 15) is 19.7 Å². The molecule has 0 spiro atoms. The lowest BCUT2D eigenvalue weighted by Crippen LogP contribution is -2.19. The number of non-ortho nitro benzene ring substituents is 1. The normalized spacial score (nSPS) is 15.6. The van der Waals surface area contributed by atoms with E-state index >= 15 is 0 Å². The molecule has 1 aromatic rings. The van der Waals surface area contributed by atoms with Gasteiger partial charge in [0.25, 0.3) is 5.69 Å². The minimum atomic E-state index is -0.661. The highest BCUT2D eigenvalue weighted by atomic mass is 16.6. The molecule has 0 unspecified atom stereocenters. The molecular weight excluding hydrogens is 286 g/mol. The highest BCUT2D eigenvalue weighted by molar-refractivity contribution is 6.19. The fraction of sp³-hybridized carbons (Fsp3) is 0.375. The smallest absolute Gasteiger partial charge is 0.342 e. The summed E-state index contributed by atoms with van der Waals surface area (Å²) < 4.78 is 5.32. The zero-order valence-electron chi connectivity index (χ0n) is 12.3. The van der Waals surface area contributed by atoms with E-state index in [4.69, 9.17) is 4.74 Å². The van der Waals surface area contributed by atoms with Crippen molar-refractivity contribution in [1.82, 2.24) is 0 Å². The molecule has 0 aliphatic heterocycles. The summed E-state index contributed by atoms with van der Waals surface area (Å²) in [5.74, 6) is -1.08. The number of nitrogens with zero attached hydrogens (tertiary/aromatic N) is 1. The predicted octanol–water partition coefficient (Wildman–Crippen LogP) is 3.05. The van der Waals surface area contributed by atoms with Gasteiger partial charge >= 0.3 is 5.97 Å². The molecule has 1 aliphatic rings. The number of ketones is 1. The van der Waals surface area contributed by atoms with Crippen molar-refractivity contribution >= 4 is 23.5 Å². The van der Waals surface area contributed by atoms with Gasteiger partial charge in [0.15, 0.2) is 5.78 Å². The molecule has 1 aliphatic carbocycles. The number of rotatable bonds is 5. The zero-order valence-corrected chi connectivity index (χ0v) is 12.3. The second-order valence-corrected chi connectivity index (χ2v) is 5.28. The fourth-order valence-corrected chi connectivity index (χ4v) is 2.42. The molecule has 0 saturated heterocycles. The fourth-order valence-electron chi connectivity index (χ4n) is 2.42. The first kappa shape index (κ1) is 15.9. The number of nitro groups is 1. The van der Waals surface area contributed by atoms with Crippen LogP contribution < -0.4 is 0 Å². The molecule has 116 valence electrons. The van der Waals surface area contributed by atoms with Crippen molar-refractivity contribution in [2.45, 2.75) is 38.7 Å². The summed E-state index contributed by atoms with van der Waals surface area (Å²) in [6.45, 7) is 1.28. The van der Waals surface area contributed by atoms with E-state index in [0.29, 0.717) is 5.56 Å². The molecule has 0 amide bonds. The van der Waals surface area contributed by atoms with Gasteiger partial charge in [0.1, 0.15) is 11.7 Å². The standard InChI is InChI=1S/C16H17NO5/c1-11(18)15(16(19)22-14-7-2-3-8-14)10-12-5-4-6-13(9-12)17(20)21/h4-6,9-10,14H,2-3,7-8H2,1H3/b15-10+. The second-order valence-electron chi connectivity index (χ2n) is 5.28. The Labute approximate surface area is 127 Å². The number of carbonyl (C=O) groups excluding carboxylic acids is 2. The lowest BCUT2D eigenvalue weighted by Gasteiger charge is -2.12. The Morgan fingerprint density at radius 3 is 2.59 bits per heavy atom. The van der Waals surface area contributed by atoms with E-state index in [1.807, 2.05) is 0 Å². The predicted molar refractivity (Wildman–Crippen MR) is 80.1 cm³/mol. The highest BCUT2D eigenvalue weighted by Gasteiger charge is 2.23. The van der Waals surface area contributed by atoms with E-state index in [-0.39, 0.29) is 17.4 Å². The highest BCUT2D eigenvalue weighted by Crippen LogP contribution is 2.23. The number of benzene rings is 1. The zero-order chi connectivity index (χ0) is 16.1. The summed E-state index contributed by atoms with van der Waals surface area (Å²) >= 11 is 0. The minimum absolute atomic E-state index is 0.0904. The molecule has 0 bridgehead atoms. The minimum Gasteiger partial charge on any atom is -0.459 e. The number of hydrogen-bond acceptors (Lipinski definition) is 5. The number of ether oxygens (including phenoxy) is 1. The van der Waals surface area contributed by atoms with Crippen molar-refractivity contribution in [2.75, 3.05) is 0 Å². The molecule has 0 heterocycles. The van der Waals surface area contributed by atoms with Gasteiger partial charge in [0, 0.05) is 12.1 Å². The summed E-state index contributed by atoms with van der Waals surface area (Å²) in [5.41, 5.74) is 0.232. The maximum absolute atomic E-state index is 12.1. The third-order valence-corrected chi connectivity index (χ3v) is 3.57. The van der Waals surface area contributed by atoms with Gasteiger partial charge in [-0.1, -0.05) is 12.1 Å². The van der Waals surface area contributed by atoms with Crippen molar-refractivity contribution in [3.05, 3.63) is 45.5 Å². The lowest BCUT2D eigenvalue weighted by atomic mass is 10.1. The second kappa shape index (κ2) is 6.98. The first-order valence-electron chi connectivity index (χ1n) is 7.15. The van der Waals surface area contributed by atoms with Crippen molar-refractivity contribution in [3.63, 3.8) is 0 Å². The molecule has 0 N–H and O–H groups in total. The molecule has 1 saturated carbocycles. The largest absolute Gasteiger partial charge is 0.459 e. The molecule has 6 nitrogen and oxygen atoms in total. The quantitative estimate of drug-likeness (QED) is 0.208. The van der Waals surface area contributed by atoms with Gasteiger partial charge in [-0.3, -0.25) is 14.9 Å². The van der Waals surface area contributed by atoms with Crippen LogP contribution in [0.5, 0.6) is 0 Å². The van der Waals surface area contributed by atoms with E-state index in [1.165, 1.54) is 31.2 Å². The Hall–Kier alpha value is -2.50. The van der Waals surface area contributed by atoms with Crippen LogP contribution in [0.3, 0.4) is 0 Å². The number of carbonyl (C=O) groups is 2. The average Bonchev–Trinajstić information content (AvgIpc) is 2.97. The van der Waals surface area contributed by atoms with Crippen LogP contribution in [0.4, 0.5) is 5.69 Å². The van der Waals surface area contributed by atoms with Gasteiger partial charge in [-0.15, -0.1) is 0 Å². The van der Waals surface area contributed by atoms with Gasteiger partial charge in [0.05, 0.1) is 4.92 Å². The summed E-state index contributed by atoms with van der Waals surface area (Å²) in [6, 6.07) is 5.76. The number of hydrogen-bond donors (Lipinski definition) is 0. The van der Waals surface area contributed by atoms with E-state index in [2.05, 4.69) is 0 Å². The van der Waals surface area contributed by atoms with Crippen LogP contribution in [0, 0.1) is 10.1 Å². The van der Waals surface area contributed by atoms with Gasteiger partial charge in [-0.25, -0.2) is 4.79 Å². The molecule has 0 aromatic heterocycles. The van der Waals surface area contributed by atoms with Crippen LogP contribution in [0.1, 0.15) is 38.2 Å². The maximum atomic E-state index is 12.1. The van der Waals surface area contributed by atoms with Crippen molar-refractivity contribution in [2.24, 2.45) is 0 Å². The summed E-state index contributed by atoms with van der Waals surface area (Å²) in [4.78, 5) is 34.0. The Kier molecular flexibility index (Phi) is 5.04. The molecular formula is C16H17NO5. The Morgan fingerprint density at radius 2 is 2.00 bits per heavy atom. The van der Waals surface area contributed by atoms with Gasteiger partial charge < -0.3 is 4.74 Å². The van der Waals surface area contributed by atoms with Gasteiger partial charge in [-0.2, -0.15) is 0 Å². The van der Waals surface area contributed by atoms with Gasteiger partial charge in [-0.05, 0) is 44.2 Å². The van der Waals surface area contributed by atoms with Crippen LogP contribution in [-0.4, -0.2) is 22.8 Å². The average molecular weight is 303 g/mol. The molecule has 1 aromatic carbocycles. The summed E-state index contributed by atoms with van der Waals surface area (Å²) in [7, 11) is 0. The van der Waals surface area contributed by atoms with Gasteiger partial charge in [0.2, 0.25) is 0 Å². The van der Waals surface area contributed by atoms with E-state index < -0.39 is 16.7 Å². The third-order valence-electron chi connectivity index (χ3n) is 3.57. The summed E-state index contributed by atoms with van der Waals surface area (Å²) in [5, 5.41) is 10.8. The molecule has 1 fully saturated rings. The SMILES string of the molecule is CC(=O)/C(=C\c1cccc([N+](=O)[O-])c1)C(=O)OC1CCCC1. The van der Waals surface area contributed by atoms with E-state index in [0.717, 1.165) is 25.7 Å². The third kappa shape index (κ3) is 4.00. The van der Waals surface area contributed by atoms with E-state index in [1.54, 1.807) is 6.07 Å². The summed E-state index contributed by atoms with van der Waals surface area (Å²) in [6.07, 6.45) is 4.86. The van der Waals surface area contributed by atoms with Crippen LogP contribution in [0.2, 0.25) is 0 Å². The number of Topliss-reactive ketones (excluding diaryl/α,β-unsaturated/α-hetero) is 1. The molecule has 2 rings (SSSR count). The van der Waals surface area contributed by atoms with Crippen molar-refractivity contribution in [1.29, 1.82) is 0 Å². The number of esters is 1. The molecule has 0 radical (unpaired) electrons. The topological polar surface area (TPSA) is 86.5 Å². The molecule has 22 heavy (non-hydrogen) atoms. The first-order chi connectivity index (χ1) is 10.5. The maximum Gasteiger partial charge on any atom is 0.342 e. The molecule has 0 atom stereocenters. The number of nitro benzene ring substituents is 1.